The van der Waals surface area contributed by atoms with Gasteiger partial charge in [-0.3, -0.25) is 4.79 Å². The molecule has 7 nitrogen and oxygen atoms in total. The van der Waals surface area contributed by atoms with E-state index in [1.807, 2.05) is 32.9 Å². The number of nitrogens with zero attached hydrogens (tertiary/aromatic N) is 4. The summed E-state index contributed by atoms with van der Waals surface area (Å²) in [5.74, 6) is -0.201. The summed E-state index contributed by atoms with van der Waals surface area (Å²) in [6.07, 6.45) is 1.50. The second-order valence-corrected chi connectivity index (χ2v) is 5.63. The number of aromatic nitrogens is 4. The fraction of sp³-hybridized carbons (Fsp3) is 0.385. The molecule has 0 bridgehead atoms. The number of tetrazole rings is 1. The Morgan fingerprint density at radius 3 is 2.45 bits per heavy atom. The summed E-state index contributed by atoms with van der Waals surface area (Å²) in [6.45, 7) is 5.79. The predicted molar refractivity (Wildman–Crippen MR) is 75.2 cm³/mol. The van der Waals surface area contributed by atoms with Crippen molar-refractivity contribution in [3.05, 3.63) is 30.6 Å². The molecule has 0 fully saturated rings. The number of nitrogens with two attached hydrogens (primary N) is 1. The Bertz CT molecular complexity index is 570. The molecule has 0 aliphatic carbocycles. The van der Waals surface area contributed by atoms with Gasteiger partial charge in [0.2, 0.25) is 5.91 Å². The van der Waals surface area contributed by atoms with Crippen LogP contribution in [0.3, 0.4) is 0 Å². The number of hydrogen-bond acceptors (Lipinski definition) is 5. The van der Waals surface area contributed by atoms with E-state index in [2.05, 4.69) is 20.8 Å². The lowest BCUT2D eigenvalue weighted by molar-refractivity contribution is -0.119. The van der Waals surface area contributed by atoms with Crippen LogP contribution in [0.2, 0.25) is 0 Å². The molecule has 1 amide bonds. The van der Waals surface area contributed by atoms with Crippen LogP contribution < -0.4 is 11.1 Å². The average Bonchev–Trinajstić information content (AvgIpc) is 2.91. The van der Waals surface area contributed by atoms with Crippen molar-refractivity contribution in [1.29, 1.82) is 0 Å². The number of hydrogen-bond donors (Lipinski definition) is 2. The highest BCUT2D eigenvalue weighted by atomic mass is 16.2. The third kappa shape index (κ3) is 3.18. The van der Waals surface area contributed by atoms with Crippen LogP contribution in [0.25, 0.3) is 5.69 Å². The molecule has 0 spiro atoms. The first kappa shape index (κ1) is 14.1. The molecule has 7 heteroatoms. The van der Waals surface area contributed by atoms with Crippen LogP contribution in [0.15, 0.2) is 30.6 Å². The van der Waals surface area contributed by atoms with E-state index in [4.69, 9.17) is 5.73 Å². The van der Waals surface area contributed by atoms with E-state index in [1.165, 1.54) is 11.0 Å². The van der Waals surface area contributed by atoms with E-state index in [9.17, 15) is 4.79 Å². The van der Waals surface area contributed by atoms with Gasteiger partial charge in [-0.05, 0) is 40.1 Å². The van der Waals surface area contributed by atoms with Gasteiger partial charge >= 0.3 is 0 Å². The number of amides is 1. The zero-order valence-corrected chi connectivity index (χ0v) is 11.7. The molecule has 0 saturated carbocycles. The number of anilines is 1. The van der Waals surface area contributed by atoms with Crippen molar-refractivity contribution in [2.75, 3.05) is 5.32 Å². The Hall–Kier alpha value is -2.28. The molecule has 1 aromatic carbocycles. The van der Waals surface area contributed by atoms with Gasteiger partial charge in [0.05, 0.1) is 11.7 Å². The topological polar surface area (TPSA) is 98.7 Å². The van der Waals surface area contributed by atoms with E-state index in [0.29, 0.717) is 5.69 Å². The van der Waals surface area contributed by atoms with Gasteiger partial charge < -0.3 is 11.1 Å². The summed E-state index contributed by atoms with van der Waals surface area (Å²) in [5, 5.41) is 13.7. The number of rotatable bonds is 3. The van der Waals surface area contributed by atoms with Crippen LogP contribution in [0.1, 0.15) is 20.8 Å². The van der Waals surface area contributed by atoms with E-state index in [1.54, 1.807) is 12.1 Å². The summed E-state index contributed by atoms with van der Waals surface area (Å²) < 4.78 is 1.53. The molecule has 2 aromatic rings. The Balaban J connectivity index is 2.06. The average molecular weight is 274 g/mol. The van der Waals surface area contributed by atoms with Crippen molar-refractivity contribution in [2.45, 2.75) is 26.8 Å². The summed E-state index contributed by atoms with van der Waals surface area (Å²) in [7, 11) is 0. The molecule has 1 atom stereocenters. The first-order valence-corrected chi connectivity index (χ1v) is 6.28. The lowest BCUT2D eigenvalue weighted by Gasteiger charge is -2.25. The molecule has 106 valence electrons. The van der Waals surface area contributed by atoms with Gasteiger partial charge in [-0.2, -0.15) is 0 Å². The summed E-state index contributed by atoms with van der Waals surface area (Å²) in [4.78, 5) is 12.0. The first-order valence-electron chi connectivity index (χ1n) is 6.28. The zero-order chi connectivity index (χ0) is 14.8. The Morgan fingerprint density at radius 2 is 1.95 bits per heavy atom. The van der Waals surface area contributed by atoms with Crippen molar-refractivity contribution < 1.29 is 4.79 Å². The number of carbonyl (C=O) groups is 1. The minimum absolute atomic E-state index is 0.201. The van der Waals surface area contributed by atoms with Gasteiger partial charge in [0.25, 0.3) is 0 Å². The van der Waals surface area contributed by atoms with Gasteiger partial charge in [-0.15, -0.1) is 5.10 Å². The molecule has 2 rings (SSSR count). The molecule has 0 aliphatic heterocycles. The van der Waals surface area contributed by atoms with Crippen LogP contribution >= 0.6 is 0 Å². The molecule has 20 heavy (non-hydrogen) atoms. The highest BCUT2D eigenvalue weighted by molar-refractivity contribution is 5.95. The maximum atomic E-state index is 12.0. The van der Waals surface area contributed by atoms with Gasteiger partial charge in [0, 0.05) is 5.69 Å². The molecular formula is C13H18N6O. The van der Waals surface area contributed by atoms with Crippen LogP contribution in [0.5, 0.6) is 0 Å². The highest BCUT2D eigenvalue weighted by Gasteiger charge is 2.27. The lowest BCUT2D eigenvalue weighted by atomic mass is 9.87. The van der Waals surface area contributed by atoms with Crippen LogP contribution in [0.4, 0.5) is 5.69 Å². The van der Waals surface area contributed by atoms with Crippen LogP contribution in [-0.4, -0.2) is 32.2 Å². The second kappa shape index (κ2) is 5.38. The second-order valence-electron chi connectivity index (χ2n) is 5.63. The predicted octanol–water partition coefficient (Wildman–Crippen LogP) is 0.974. The van der Waals surface area contributed by atoms with E-state index < -0.39 is 6.04 Å². The number of nitrogens with one attached hydrogen (secondary N) is 1. The summed E-state index contributed by atoms with van der Waals surface area (Å²) in [6, 6.07) is 6.62. The van der Waals surface area contributed by atoms with E-state index in [0.717, 1.165) is 5.69 Å². The molecule has 0 radical (unpaired) electrons. The van der Waals surface area contributed by atoms with Crippen molar-refractivity contribution in [1.82, 2.24) is 20.2 Å². The van der Waals surface area contributed by atoms with Gasteiger partial charge in [0.15, 0.2) is 0 Å². The quantitative estimate of drug-likeness (QED) is 0.869. The van der Waals surface area contributed by atoms with Gasteiger partial charge in [0.1, 0.15) is 6.33 Å². The Kier molecular flexibility index (Phi) is 3.80. The van der Waals surface area contributed by atoms with Crippen molar-refractivity contribution in [3.8, 4) is 5.69 Å². The first-order chi connectivity index (χ1) is 9.38. The molecule has 1 aromatic heterocycles. The smallest absolute Gasteiger partial charge is 0.241 e. The fourth-order valence-electron chi connectivity index (χ4n) is 1.59. The number of carbonyl (C=O) groups excluding carboxylic acids is 1. The molecule has 1 heterocycles. The minimum atomic E-state index is -0.568. The van der Waals surface area contributed by atoms with Crippen molar-refractivity contribution in [2.24, 2.45) is 11.1 Å². The van der Waals surface area contributed by atoms with E-state index >= 15 is 0 Å². The SMILES string of the molecule is CC(C)(C)[C@@H](N)C(=O)Nc1ccc(-n2cnnn2)cc1. The third-order valence-electron chi connectivity index (χ3n) is 2.96. The monoisotopic (exact) mass is 274 g/mol. The maximum absolute atomic E-state index is 12.0. The van der Waals surface area contributed by atoms with E-state index in [-0.39, 0.29) is 11.3 Å². The Morgan fingerprint density at radius 1 is 1.30 bits per heavy atom. The fourth-order valence-corrected chi connectivity index (χ4v) is 1.59. The normalized spacial score (nSPS) is 13.0. The van der Waals surface area contributed by atoms with Crippen LogP contribution in [0, 0.1) is 5.41 Å². The third-order valence-corrected chi connectivity index (χ3v) is 2.96. The summed E-state index contributed by atoms with van der Waals surface area (Å²) in [5.41, 5.74) is 7.12. The highest BCUT2D eigenvalue weighted by Crippen LogP contribution is 2.19. The minimum Gasteiger partial charge on any atom is -0.325 e. The molecule has 0 saturated heterocycles. The van der Waals surface area contributed by atoms with Gasteiger partial charge in [-0.25, -0.2) is 4.68 Å². The molecular weight excluding hydrogens is 256 g/mol. The van der Waals surface area contributed by atoms with Crippen LogP contribution in [-0.2, 0) is 4.79 Å². The lowest BCUT2D eigenvalue weighted by Crippen LogP contribution is -2.45. The van der Waals surface area contributed by atoms with Crippen molar-refractivity contribution in [3.63, 3.8) is 0 Å². The maximum Gasteiger partial charge on any atom is 0.241 e. The molecule has 3 N–H and O–H groups in total. The largest absolute Gasteiger partial charge is 0.325 e. The standard InChI is InChI=1S/C13H18N6O/c1-13(2,3)11(14)12(20)16-9-4-6-10(7-5-9)19-8-15-17-18-19/h4-8,11H,14H2,1-3H3,(H,16,20)/t11-/m0/s1. The van der Waals surface area contributed by atoms with Gasteiger partial charge in [-0.1, -0.05) is 20.8 Å². The zero-order valence-electron chi connectivity index (χ0n) is 11.7. The molecule has 0 unspecified atom stereocenters. The number of benzene rings is 1. The summed E-state index contributed by atoms with van der Waals surface area (Å²) >= 11 is 0. The Labute approximate surface area is 117 Å². The molecule has 0 aliphatic rings. The van der Waals surface area contributed by atoms with Crippen molar-refractivity contribution >= 4 is 11.6 Å².